The lowest BCUT2D eigenvalue weighted by atomic mass is 10.2. The molecule has 3 heteroatoms. The standard InChI is InChI=1S/C11H23NO2/c1-10(2)12-6-4-7-13-9-11-5-3-8-14-11/h10-12H,3-9H2,1-2H3. The number of hydrogen-bond donors (Lipinski definition) is 1. The molecule has 0 aromatic heterocycles. The fourth-order valence-electron chi connectivity index (χ4n) is 1.56. The van der Waals surface area contributed by atoms with Crippen LogP contribution in [0.4, 0.5) is 0 Å². The van der Waals surface area contributed by atoms with Gasteiger partial charge in [0.15, 0.2) is 0 Å². The lowest BCUT2D eigenvalue weighted by Gasteiger charge is -2.11. The van der Waals surface area contributed by atoms with Crippen molar-refractivity contribution in [3.8, 4) is 0 Å². The molecule has 0 spiro atoms. The summed E-state index contributed by atoms with van der Waals surface area (Å²) in [5, 5.41) is 3.36. The van der Waals surface area contributed by atoms with E-state index >= 15 is 0 Å². The van der Waals surface area contributed by atoms with Gasteiger partial charge < -0.3 is 14.8 Å². The van der Waals surface area contributed by atoms with Crippen LogP contribution in [-0.4, -0.2) is 38.5 Å². The molecule has 0 bridgehead atoms. The summed E-state index contributed by atoms with van der Waals surface area (Å²) in [4.78, 5) is 0. The minimum atomic E-state index is 0.369. The van der Waals surface area contributed by atoms with Crippen molar-refractivity contribution in [2.24, 2.45) is 0 Å². The molecule has 1 aliphatic rings. The van der Waals surface area contributed by atoms with E-state index in [1.165, 1.54) is 12.8 Å². The van der Waals surface area contributed by atoms with Gasteiger partial charge in [-0.15, -0.1) is 0 Å². The molecule has 1 fully saturated rings. The van der Waals surface area contributed by atoms with Gasteiger partial charge in [0, 0.05) is 19.3 Å². The maximum atomic E-state index is 5.53. The van der Waals surface area contributed by atoms with Crippen molar-refractivity contribution in [1.82, 2.24) is 5.32 Å². The number of nitrogens with one attached hydrogen (secondary N) is 1. The first-order chi connectivity index (χ1) is 6.79. The molecule has 0 radical (unpaired) electrons. The average molecular weight is 201 g/mol. The van der Waals surface area contributed by atoms with Gasteiger partial charge in [0.2, 0.25) is 0 Å². The second kappa shape index (κ2) is 7.21. The summed E-state index contributed by atoms with van der Waals surface area (Å²) in [5.41, 5.74) is 0. The first kappa shape index (κ1) is 12.0. The highest BCUT2D eigenvalue weighted by Gasteiger charge is 2.14. The zero-order valence-electron chi connectivity index (χ0n) is 9.42. The lowest BCUT2D eigenvalue weighted by Crippen LogP contribution is -2.25. The van der Waals surface area contributed by atoms with Crippen molar-refractivity contribution in [3.63, 3.8) is 0 Å². The molecular weight excluding hydrogens is 178 g/mol. The Morgan fingerprint density at radius 2 is 2.36 bits per heavy atom. The van der Waals surface area contributed by atoms with E-state index in [0.717, 1.165) is 32.8 Å². The molecule has 0 aromatic rings. The van der Waals surface area contributed by atoms with E-state index in [0.29, 0.717) is 12.1 Å². The van der Waals surface area contributed by atoms with Crippen molar-refractivity contribution in [2.75, 3.05) is 26.4 Å². The second-order valence-corrected chi connectivity index (χ2v) is 4.17. The highest BCUT2D eigenvalue weighted by atomic mass is 16.5. The van der Waals surface area contributed by atoms with Gasteiger partial charge in [0.05, 0.1) is 12.7 Å². The van der Waals surface area contributed by atoms with E-state index in [1.54, 1.807) is 0 Å². The Bertz CT molecular complexity index is 133. The SMILES string of the molecule is CC(C)NCCCOCC1CCCO1. The second-order valence-electron chi connectivity index (χ2n) is 4.17. The van der Waals surface area contributed by atoms with E-state index in [4.69, 9.17) is 9.47 Å². The third-order valence-electron chi connectivity index (χ3n) is 2.35. The minimum absolute atomic E-state index is 0.369. The molecule has 1 saturated heterocycles. The van der Waals surface area contributed by atoms with Gasteiger partial charge in [-0.3, -0.25) is 0 Å². The topological polar surface area (TPSA) is 30.5 Å². The van der Waals surface area contributed by atoms with Crippen LogP contribution < -0.4 is 5.32 Å². The van der Waals surface area contributed by atoms with Crippen LogP contribution in [-0.2, 0) is 9.47 Å². The van der Waals surface area contributed by atoms with Crippen LogP contribution in [0.2, 0.25) is 0 Å². The van der Waals surface area contributed by atoms with E-state index in [2.05, 4.69) is 19.2 Å². The van der Waals surface area contributed by atoms with Crippen molar-refractivity contribution >= 4 is 0 Å². The quantitative estimate of drug-likeness (QED) is 0.634. The van der Waals surface area contributed by atoms with E-state index in [1.807, 2.05) is 0 Å². The van der Waals surface area contributed by atoms with Crippen LogP contribution in [0, 0.1) is 0 Å². The molecule has 1 N–H and O–H groups in total. The summed E-state index contributed by atoms with van der Waals surface area (Å²) in [6, 6.07) is 0.577. The number of rotatable bonds is 7. The molecule has 14 heavy (non-hydrogen) atoms. The Hall–Kier alpha value is -0.120. The molecule has 1 atom stereocenters. The van der Waals surface area contributed by atoms with Crippen molar-refractivity contribution in [2.45, 2.75) is 45.3 Å². The van der Waals surface area contributed by atoms with E-state index in [9.17, 15) is 0 Å². The molecular formula is C11H23NO2. The van der Waals surface area contributed by atoms with Crippen LogP contribution >= 0.6 is 0 Å². The van der Waals surface area contributed by atoms with E-state index < -0.39 is 0 Å². The van der Waals surface area contributed by atoms with Gasteiger partial charge in [0.1, 0.15) is 0 Å². The Morgan fingerprint density at radius 1 is 1.50 bits per heavy atom. The van der Waals surface area contributed by atoms with E-state index in [-0.39, 0.29) is 0 Å². The van der Waals surface area contributed by atoms with Gasteiger partial charge in [0.25, 0.3) is 0 Å². The molecule has 84 valence electrons. The predicted octanol–water partition coefficient (Wildman–Crippen LogP) is 1.57. The van der Waals surface area contributed by atoms with Gasteiger partial charge >= 0.3 is 0 Å². The van der Waals surface area contributed by atoms with Gasteiger partial charge in [-0.2, -0.15) is 0 Å². The zero-order valence-corrected chi connectivity index (χ0v) is 9.42. The smallest absolute Gasteiger partial charge is 0.0809 e. The monoisotopic (exact) mass is 201 g/mol. The van der Waals surface area contributed by atoms with Crippen molar-refractivity contribution in [1.29, 1.82) is 0 Å². The largest absolute Gasteiger partial charge is 0.379 e. The third kappa shape index (κ3) is 5.58. The summed E-state index contributed by atoms with van der Waals surface area (Å²) in [5.74, 6) is 0. The molecule has 1 rings (SSSR count). The molecule has 3 nitrogen and oxygen atoms in total. The van der Waals surface area contributed by atoms with Gasteiger partial charge in [-0.05, 0) is 25.8 Å². The zero-order chi connectivity index (χ0) is 10.2. The molecule has 0 amide bonds. The number of ether oxygens (including phenoxy) is 2. The predicted molar refractivity (Wildman–Crippen MR) is 57.5 cm³/mol. The highest BCUT2D eigenvalue weighted by Crippen LogP contribution is 2.11. The van der Waals surface area contributed by atoms with Crippen LogP contribution in [0.5, 0.6) is 0 Å². The molecule has 0 aromatic carbocycles. The minimum Gasteiger partial charge on any atom is -0.379 e. The Labute approximate surface area is 87.2 Å². The summed E-state index contributed by atoms with van der Waals surface area (Å²) >= 11 is 0. The molecule has 1 aliphatic heterocycles. The summed E-state index contributed by atoms with van der Waals surface area (Å²) in [6.07, 6.45) is 3.82. The fourth-order valence-corrected chi connectivity index (χ4v) is 1.56. The first-order valence-corrected chi connectivity index (χ1v) is 5.72. The van der Waals surface area contributed by atoms with Gasteiger partial charge in [-0.1, -0.05) is 13.8 Å². The molecule has 0 saturated carbocycles. The van der Waals surface area contributed by atoms with Crippen molar-refractivity contribution in [3.05, 3.63) is 0 Å². The van der Waals surface area contributed by atoms with Crippen molar-refractivity contribution < 1.29 is 9.47 Å². The number of hydrogen-bond acceptors (Lipinski definition) is 3. The first-order valence-electron chi connectivity index (χ1n) is 5.72. The van der Waals surface area contributed by atoms with Crippen LogP contribution in [0.15, 0.2) is 0 Å². The Kier molecular flexibility index (Phi) is 6.15. The Morgan fingerprint density at radius 3 is 3.00 bits per heavy atom. The molecule has 1 unspecified atom stereocenters. The molecule has 1 heterocycles. The molecule has 0 aliphatic carbocycles. The van der Waals surface area contributed by atoms with Crippen LogP contribution in [0.25, 0.3) is 0 Å². The fraction of sp³-hybridized carbons (Fsp3) is 1.00. The summed E-state index contributed by atoms with van der Waals surface area (Å²) < 4.78 is 11.0. The average Bonchev–Trinajstić information content (AvgIpc) is 2.63. The van der Waals surface area contributed by atoms with Crippen LogP contribution in [0.1, 0.15) is 33.1 Å². The third-order valence-corrected chi connectivity index (χ3v) is 2.35. The van der Waals surface area contributed by atoms with Gasteiger partial charge in [-0.25, -0.2) is 0 Å². The normalized spacial score (nSPS) is 22.1. The van der Waals surface area contributed by atoms with Crippen LogP contribution in [0.3, 0.4) is 0 Å². The summed E-state index contributed by atoms with van der Waals surface area (Å²) in [7, 11) is 0. The highest BCUT2D eigenvalue weighted by molar-refractivity contribution is 4.63. The maximum absolute atomic E-state index is 5.53. The maximum Gasteiger partial charge on any atom is 0.0809 e. The Balaban J connectivity index is 1.79. The lowest BCUT2D eigenvalue weighted by molar-refractivity contribution is 0.0166. The summed E-state index contributed by atoms with van der Waals surface area (Å²) in [6.45, 7) is 7.91.